The Hall–Kier alpha value is -0.450. The molecule has 0 saturated heterocycles. The molecule has 1 fully saturated rings. The van der Waals surface area contributed by atoms with Gasteiger partial charge in [-0.15, -0.1) is 11.3 Å². The summed E-state index contributed by atoms with van der Waals surface area (Å²) >= 11 is 1.78. The highest BCUT2D eigenvalue weighted by Crippen LogP contribution is 2.43. The van der Waals surface area contributed by atoms with Crippen molar-refractivity contribution in [1.29, 1.82) is 0 Å². The maximum Gasteiger partial charge on any atom is 0.125 e. The van der Waals surface area contributed by atoms with Crippen molar-refractivity contribution in [3.63, 3.8) is 0 Å². The van der Waals surface area contributed by atoms with Crippen LogP contribution in [-0.2, 0) is 16.8 Å². The molecule has 1 aliphatic carbocycles. The van der Waals surface area contributed by atoms with Crippen molar-refractivity contribution < 1.29 is 4.74 Å². The van der Waals surface area contributed by atoms with E-state index in [2.05, 4.69) is 31.5 Å². The van der Waals surface area contributed by atoms with E-state index in [1.807, 2.05) is 0 Å². The molecule has 1 aromatic heterocycles. The van der Waals surface area contributed by atoms with E-state index in [0.29, 0.717) is 6.04 Å². The number of aromatic nitrogens is 1. The van der Waals surface area contributed by atoms with Gasteiger partial charge in [0.25, 0.3) is 0 Å². The second kappa shape index (κ2) is 6.82. The molecule has 3 nitrogen and oxygen atoms in total. The summed E-state index contributed by atoms with van der Waals surface area (Å²) in [6.07, 6.45) is 5.81. The highest BCUT2D eigenvalue weighted by Gasteiger charge is 2.39. The third-order valence-corrected chi connectivity index (χ3v) is 4.92. The third-order valence-electron chi connectivity index (χ3n) is 3.84. The van der Waals surface area contributed by atoms with Gasteiger partial charge in [0.15, 0.2) is 0 Å². The first-order chi connectivity index (χ1) is 9.20. The van der Waals surface area contributed by atoms with Crippen LogP contribution in [0.3, 0.4) is 0 Å². The lowest BCUT2D eigenvalue weighted by Crippen LogP contribution is -2.28. The predicted octanol–water partition coefficient (Wildman–Crippen LogP) is 3.49. The summed E-state index contributed by atoms with van der Waals surface area (Å²) in [5.41, 5.74) is 1.14. The maximum atomic E-state index is 6.07. The molecule has 0 radical (unpaired) electrons. The zero-order valence-corrected chi connectivity index (χ0v) is 13.2. The Kier molecular flexibility index (Phi) is 5.37. The van der Waals surface area contributed by atoms with E-state index in [9.17, 15) is 0 Å². The summed E-state index contributed by atoms with van der Waals surface area (Å²) in [6, 6.07) is 0.492. The fourth-order valence-corrected chi connectivity index (χ4v) is 4.03. The summed E-state index contributed by atoms with van der Waals surface area (Å²) in [5.74, 6) is 0. The van der Waals surface area contributed by atoms with E-state index < -0.39 is 0 Å². The first-order valence-corrected chi connectivity index (χ1v) is 8.40. The van der Waals surface area contributed by atoms with Crippen molar-refractivity contribution >= 4 is 11.3 Å². The summed E-state index contributed by atoms with van der Waals surface area (Å²) in [6.45, 7) is 8.24. The standard InChI is InChI=1S/C15H26N2OS/c1-4-16-12(3)10-13-11-19-14(17-13)15(18-5-2)8-6-7-9-15/h11-12,16H,4-10H2,1-3H3. The van der Waals surface area contributed by atoms with Gasteiger partial charge in [-0.1, -0.05) is 19.8 Å². The number of likely N-dealkylation sites (N-methyl/N-ethyl adjacent to an activating group) is 1. The first kappa shape index (κ1) is 14.9. The average molecular weight is 282 g/mol. The predicted molar refractivity (Wildman–Crippen MR) is 80.7 cm³/mol. The largest absolute Gasteiger partial charge is 0.368 e. The van der Waals surface area contributed by atoms with Gasteiger partial charge in [-0.2, -0.15) is 0 Å². The van der Waals surface area contributed by atoms with Crippen LogP contribution in [0.5, 0.6) is 0 Å². The molecule has 0 spiro atoms. The van der Waals surface area contributed by atoms with Crippen LogP contribution in [0.1, 0.15) is 57.2 Å². The molecule has 0 aromatic carbocycles. The lowest BCUT2D eigenvalue weighted by Gasteiger charge is -2.26. The Morgan fingerprint density at radius 1 is 1.42 bits per heavy atom. The van der Waals surface area contributed by atoms with Gasteiger partial charge in [0.1, 0.15) is 10.6 Å². The Morgan fingerprint density at radius 2 is 2.16 bits per heavy atom. The van der Waals surface area contributed by atoms with Crippen LogP contribution < -0.4 is 5.32 Å². The number of nitrogens with one attached hydrogen (secondary N) is 1. The fourth-order valence-electron chi connectivity index (χ4n) is 2.99. The van der Waals surface area contributed by atoms with Crippen LogP contribution in [0.2, 0.25) is 0 Å². The second-order valence-corrected chi connectivity index (χ2v) is 6.30. The lowest BCUT2D eigenvalue weighted by atomic mass is 10.0. The number of nitrogens with zero attached hydrogens (tertiary/aromatic N) is 1. The topological polar surface area (TPSA) is 34.1 Å². The van der Waals surface area contributed by atoms with Crippen molar-refractivity contribution in [1.82, 2.24) is 10.3 Å². The van der Waals surface area contributed by atoms with Crippen molar-refractivity contribution in [2.75, 3.05) is 13.2 Å². The van der Waals surface area contributed by atoms with E-state index in [4.69, 9.17) is 9.72 Å². The van der Waals surface area contributed by atoms with E-state index in [1.54, 1.807) is 11.3 Å². The molecule has 1 aliphatic rings. The van der Waals surface area contributed by atoms with Crippen LogP contribution in [0.15, 0.2) is 5.38 Å². The van der Waals surface area contributed by atoms with Crippen LogP contribution in [0.25, 0.3) is 0 Å². The molecule has 1 heterocycles. The van der Waals surface area contributed by atoms with Gasteiger partial charge in [-0.05, 0) is 33.2 Å². The lowest BCUT2D eigenvalue weighted by molar-refractivity contribution is -0.0392. The molecule has 108 valence electrons. The molecular formula is C15H26N2OS. The SMILES string of the molecule is CCNC(C)Cc1csc(C2(OCC)CCCC2)n1. The fraction of sp³-hybridized carbons (Fsp3) is 0.800. The Balaban J connectivity index is 2.06. The first-order valence-electron chi connectivity index (χ1n) is 7.52. The quantitative estimate of drug-likeness (QED) is 0.831. The minimum atomic E-state index is -0.0703. The number of ether oxygens (including phenoxy) is 1. The molecule has 0 bridgehead atoms. The second-order valence-electron chi connectivity index (χ2n) is 5.44. The van der Waals surface area contributed by atoms with Gasteiger partial charge in [-0.25, -0.2) is 4.98 Å². The average Bonchev–Trinajstić information content (AvgIpc) is 3.00. The number of hydrogen-bond donors (Lipinski definition) is 1. The minimum absolute atomic E-state index is 0.0703. The van der Waals surface area contributed by atoms with Crippen molar-refractivity contribution in [3.8, 4) is 0 Å². The van der Waals surface area contributed by atoms with E-state index in [0.717, 1.165) is 32.4 Å². The molecule has 0 amide bonds. The maximum absolute atomic E-state index is 6.07. The van der Waals surface area contributed by atoms with Gasteiger partial charge in [0, 0.05) is 24.4 Å². The summed E-state index contributed by atoms with van der Waals surface area (Å²) in [7, 11) is 0. The molecular weight excluding hydrogens is 256 g/mol. The molecule has 1 atom stereocenters. The zero-order valence-electron chi connectivity index (χ0n) is 12.4. The highest BCUT2D eigenvalue weighted by molar-refractivity contribution is 7.09. The summed E-state index contributed by atoms with van der Waals surface area (Å²) in [5, 5.41) is 6.85. The molecule has 1 saturated carbocycles. The molecule has 2 rings (SSSR count). The molecule has 1 unspecified atom stereocenters. The third kappa shape index (κ3) is 3.56. The molecule has 1 aromatic rings. The van der Waals surface area contributed by atoms with Gasteiger partial charge in [0.2, 0.25) is 0 Å². The van der Waals surface area contributed by atoms with Crippen LogP contribution >= 0.6 is 11.3 Å². The van der Waals surface area contributed by atoms with E-state index >= 15 is 0 Å². The van der Waals surface area contributed by atoms with Crippen LogP contribution in [0.4, 0.5) is 0 Å². The van der Waals surface area contributed by atoms with E-state index in [1.165, 1.54) is 23.5 Å². The normalized spacial score (nSPS) is 19.7. The highest BCUT2D eigenvalue weighted by atomic mass is 32.1. The molecule has 1 N–H and O–H groups in total. The summed E-state index contributed by atoms with van der Waals surface area (Å²) in [4.78, 5) is 4.86. The molecule has 0 aliphatic heterocycles. The molecule has 19 heavy (non-hydrogen) atoms. The van der Waals surface area contributed by atoms with Crippen molar-refractivity contribution in [2.45, 2.75) is 64.5 Å². The zero-order chi connectivity index (χ0) is 13.7. The molecule has 4 heteroatoms. The minimum Gasteiger partial charge on any atom is -0.368 e. The Morgan fingerprint density at radius 3 is 2.79 bits per heavy atom. The van der Waals surface area contributed by atoms with Crippen molar-refractivity contribution in [2.24, 2.45) is 0 Å². The van der Waals surface area contributed by atoms with Gasteiger partial charge in [-0.3, -0.25) is 0 Å². The number of thiazole rings is 1. The van der Waals surface area contributed by atoms with Gasteiger partial charge in [0.05, 0.1) is 5.69 Å². The smallest absolute Gasteiger partial charge is 0.125 e. The van der Waals surface area contributed by atoms with E-state index in [-0.39, 0.29) is 5.60 Å². The monoisotopic (exact) mass is 282 g/mol. The van der Waals surface area contributed by atoms with Crippen LogP contribution in [0, 0.1) is 0 Å². The van der Waals surface area contributed by atoms with Gasteiger partial charge >= 0.3 is 0 Å². The number of rotatable bonds is 7. The summed E-state index contributed by atoms with van der Waals surface area (Å²) < 4.78 is 6.07. The Labute approximate surface area is 120 Å². The van der Waals surface area contributed by atoms with Crippen molar-refractivity contribution in [3.05, 3.63) is 16.1 Å². The number of hydrogen-bond acceptors (Lipinski definition) is 4. The van der Waals surface area contributed by atoms with Gasteiger partial charge < -0.3 is 10.1 Å². The Bertz CT molecular complexity index is 385. The van der Waals surface area contributed by atoms with Crippen LogP contribution in [-0.4, -0.2) is 24.2 Å².